The first-order chi connectivity index (χ1) is 16.1. The predicted octanol–water partition coefficient (Wildman–Crippen LogP) is 6.35. The van der Waals surface area contributed by atoms with Crippen LogP contribution in [0, 0.1) is 6.92 Å². The van der Waals surface area contributed by atoms with Gasteiger partial charge in [0.25, 0.3) is 6.43 Å². The largest absolute Gasteiger partial charge is 0.444 e. The molecule has 1 aliphatic rings. The summed E-state index contributed by atoms with van der Waals surface area (Å²) in [5.41, 5.74) is 0.962. The molecule has 2 heterocycles. The van der Waals surface area contributed by atoms with E-state index in [-0.39, 0.29) is 17.7 Å². The zero-order valence-electron chi connectivity index (χ0n) is 19.9. The van der Waals surface area contributed by atoms with Gasteiger partial charge in [-0.05, 0) is 46.6 Å². The van der Waals surface area contributed by atoms with E-state index in [1.807, 2.05) is 45.0 Å². The third-order valence-corrected chi connectivity index (χ3v) is 5.80. The molecule has 1 saturated heterocycles. The molecular weight excluding hydrogens is 438 g/mol. The van der Waals surface area contributed by atoms with Crippen molar-refractivity contribution < 1.29 is 18.3 Å². The Morgan fingerprint density at radius 1 is 1.15 bits per heavy atom. The number of ether oxygens (including phenoxy) is 1. The van der Waals surface area contributed by atoms with Crippen LogP contribution in [0.4, 0.5) is 19.4 Å². The molecule has 0 saturated carbocycles. The van der Waals surface area contributed by atoms with E-state index in [1.165, 1.54) is 6.07 Å². The van der Waals surface area contributed by atoms with E-state index in [2.05, 4.69) is 15.5 Å². The van der Waals surface area contributed by atoms with E-state index in [4.69, 9.17) is 4.74 Å². The topological polar surface area (TPSA) is 67.4 Å². The molecule has 8 heteroatoms. The highest BCUT2D eigenvalue weighted by Crippen LogP contribution is 2.36. The number of piperidine rings is 1. The molecule has 1 atom stereocenters. The fourth-order valence-electron chi connectivity index (χ4n) is 4.27. The summed E-state index contributed by atoms with van der Waals surface area (Å²) in [5.74, 6) is 0.570. The molecule has 4 rings (SSSR count). The Morgan fingerprint density at radius 3 is 2.59 bits per heavy atom. The Morgan fingerprint density at radius 2 is 1.88 bits per heavy atom. The number of hydrogen-bond donors (Lipinski definition) is 1. The van der Waals surface area contributed by atoms with Crippen LogP contribution in [-0.4, -0.2) is 45.9 Å². The summed E-state index contributed by atoms with van der Waals surface area (Å²) in [6.07, 6.45) is -1.25. The van der Waals surface area contributed by atoms with Crippen molar-refractivity contribution in [2.75, 3.05) is 18.4 Å². The number of carbonyl (C=O) groups excluding carboxylic acids is 1. The first kappa shape index (κ1) is 23.9. The minimum Gasteiger partial charge on any atom is -0.444 e. The highest BCUT2D eigenvalue weighted by Gasteiger charge is 2.28. The Labute approximate surface area is 198 Å². The van der Waals surface area contributed by atoms with Gasteiger partial charge in [-0.25, -0.2) is 13.6 Å². The fraction of sp³-hybridized carbons (Fsp3) is 0.423. The van der Waals surface area contributed by atoms with Crippen molar-refractivity contribution in [2.24, 2.45) is 0 Å². The maximum absolute atomic E-state index is 13.8. The van der Waals surface area contributed by atoms with Gasteiger partial charge in [0.05, 0.1) is 0 Å². The summed E-state index contributed by atoms with van der Waals surface area (Å²) in [7, 11) is 0. The van der Waals surface area contributed by atoms with Crippen LogP contribution in [0.15, 0.2) is 42.5 Å². The second kappa shape index (κ2) is 9.52. The number of rotatable bonds is 4. The van der Waals surface area contributed by atoms with Gasteiger partial charge >= 0.3 is 6.09 Å². The number of carbonyl (C=O) groups is 1. The van der Waals surface area contributed by atoms with Crippen LogP contribution in [0.3, 0.4) is 0 Å². The zero-order valence-corrected chi connectivity index (χ0v) is 19.9. The van der Waals surface area contributed by atoms with Gasteiger partial charge in [0, 0.05) is 41.0 Å². The summed E-state index contributed by atoms with van der Waals surface area (Å²) in [4.78, 5) is 14.2. The molecule has 1 aliphatic heterocycles. The molecule has 0 unspecified atom stereocenters. The number of alkyl halides is 2. The molecule has 1 fully saturated rings. The van der Waals surface area contributed by atoms with Gasteiger partial charge in [0.2, 0.25) is 0 Å². The van der Waals surface area contributed by atoms with Crippen molar-refractivity contribution in [3.05, 3.63) is 53.6 Å². The van der Waals surface area contributed by atoms with Gasteiger partial charge in [0.15, 0.2) is 5.82 Å². The number of hydrogen-bond acceptors (Lipinski definition) is 5. The lowest BCUT2D eigenvalue weighted by Crippen LogP contribution is -2.47. The van der Waals surface area contributed by atoms with Crippen LogP contribution in [0.1, 0.15) is 51.2 Å². The number of benzene rings is 2. The summed E-state index contributed by atoms with van der Waals surface area (Å²) >= 11 is 0. The Hall–Kier alpha value is -3.29. The molecule has 1 amide bonds. The second-order valence-corrected chi connectivity index (χ2v) is 9.74. The van der Waals surface area contributed by atoms with E-state index in [0.29, 0.717) is 30.2 Å². The lowest BCUT2D eigenvalue weighted by molar-refractivity contribution is 0.0206. The normalized spacial score (nSPS) is 16.7. The minimum absolute atomic E-state index is 0.0270. The van der Waals surface area contributed by atoms with Gasteiger partial charge in [-0.2, -0.15) is 0 Å². The SMILES string of the molecule is Cc1ccc(-c2nnc(N[C@@H]3CCCN(C(=O)OC(C)(C)C)C3)c3ccccc23)c(C(F)F)c1. The van der Waals surface area contributed by atoms with Crippen LogP contribution < -0.4 is 5.32 Å². The summed E-state index contributed by atoms with van der Waals surface area (Å²) < 4.78 is 33.1. The number of fused-ring (bicyclic) bond motifs is 1. The molecule has 2 aromatic carbocycles. The lowest BCUT2D eigenvalue weighted by atomic mass is 9.98. The average molecular weight is 469 g/mol. The van der Waals surface area contributed by atoms with Crippen molar-refractivity contribution in [2.45, 2.75) is 58.6 Å². The maximum Gasteiger partial charge on any atom is 0.410 e. The van der Waals surface area contributed by atoms with Crippen LogP contribution in [0.25, 0.3) is 22.0 Å². The first-order valence-electron chi connectivity index (χ1n) is 11.5. The van der Waals surface area contributed by atoms with E-state index in [1.54, 1.807) is 24.0 Å². The number of nitrogens with one attached hydrogen (secondary N) is 1. The van der Waals surface area contributed by atoms with E-state index in [0.717, 1.165) is 29.2 Å². The highest BCUT2D eigenvalue weighted by atomic mass is 19.3. The third-order valence-electron chi connectivity index (χ3n) is 5.80. The summed E-state index contributed by atoms with van der Waals surface area (Å²) in [6, 6.07) is 12.5. The standard InChI is InChI=1S/C26H30F2N4O2/c1-16-11-12-19(21(14-16)23(27)28)22-18-9-5-6-10-20(18)24(31-30-22)29-17-8-7-13-32(15-17)25(33)34-26(2,3)4/h5-6,9-12,14,17,23H,7-8,13,15H2,1-4H3,(H,29,31)/t17-/m1/s1. The van der Waals surface area contributed by atoms with Gasteiger partial charge in [-0.3, -0.25) is 0 Å². The number of halogens is 2. The molecule has 0 spiro atoms. The number of anilines is 1. The maximum atomic E-state index is 13.8. The van der Waals surface area contributed by atoms with Gasteiger partial charge in [-0.15, -0.1) is 10.2 Å². The monoisotopic (exact) mass is 468 g/mol. The number of amides is 1. The average Bonchev–Trinajstić information content (AvgIpc) is 2.78. The number of nitrogens with zero attached hydrogens (tertiary/aromatic N) is 3. The molecule has 180 valence electrons. The number of aromatic nitrogens is 2. The summed E-state index contributed by atoms with van der Waals surface area (Å²) in [6.45, 7) is 8.46. The summed E-state index contributed by atoms with van der Waals surface area (Å²) in [5, 5.41) is 13.7. The molecule has 1 N–H and O–H groups in total. The van der Waals surface area contributed by atoms with Gasteiger partial charge in [-0.1, -0.05) is 42.0 Å². The Balaban J connectivity index is 1.63. The zero-order chi connectivity index (χ0) is 24.5. The molecule has 0 radical (unpaired) electrons. The first-order valence-corrected chi connectivity index (χ1v) is 11.5. The van der Waals surface area contributed by atoms with E-state index < -0.39 is 12.0 Å². The third kappa shape index (κ3) is 5.26. The van der Waals surface area contributed by atoms with Crippen LogP contribution in [0.5, 0.6) is 0 Å². The van der Waals surface area contributed by atoms with E-state index >= 15 is 0 Å². The number of aryl methyl sites for hydroxylation is 1. The molecule has 6 nitrogen and oxygen atoms in total. The van der Waals surface area contributed by atoms with Crippen LogP contribution in [0.2, 0.25) is 0 Å². The molecular formula is C26H30F2N4O2. The Kier molecular flexibility index (Phi) is 6.68. The van der Waals surface area contributed by atoms with E-state index in [9.17, 15) is 13.6 Å². The highest BCUT2D eigenvalue weighted by molar-refractivity contribution is 6.00. The molecule has 3 aromatic rings. The number of likely N-dealkylation sites (tertiary alicyclic amines) is 1. The van der Waals surface area contributed by atoms with Crippen LogP contribution >= 0.6 is 0 Å². The fourth-order valence-corrected chi connectivity index (χ4v) is 4.27. The van der Waals surface area contributed by atoms with Crippen molar-refractivity contribution in [3.8, 4) is 11.3 Å². The second-order valence-electron chi connectivity index (χ2n) is 9.74. The Bertz CT molecular complexity index is 1190. The smallest absolute Gasteiger partial charge is 0.410 e. The quantitative estimate of drug-likeness (QED) is 0.483. The molecule has 0 aliphatic carbocycles. The van der Waals surface area contributed by atoms with Gasteiger partial charge < -0.3 is 15.0 Å². The lowest BCUT2D eigenvalue weighted by Gasteiger charge is -2.34. The predicted molar refractivity (Wildman–Crippen MR) is 129 cm³/mol. The molecule has 1 aromatic heterocycles. The minimum atomic E-state index is -2.62. The van der Waals surface area contributed by atoms with Crippen molar-refractivity contribution >= 4 is 22.7 Å². The van der Waals surface area contributed by atoms with Crippen molar-refractivity contribution in [3.63, 3.8) is 0 Å². The van der Waals surface area contributed by atoms with Gasteiger partial charge in [0.1, 0.15) is 11.3 Å². The molecule has 0 bridgehead atoms. The van der Waals surface area contributed by atoms with Crippen LogP contribution in [-0.2, 0) is 4.74 Å². The van der Waals surface area contributed by atoms with Crippen molar-refractivity contribution in [1.82, 2.24) is 15.1 Å². The van der Waals surface area contributed by atoms with Crippen molar-refractivity contribution in [1.29, 1.82) is 0 Å². The molecule has 34 heavy (non-hydrogen) atoms.